The normalized spacial score (nSPS) is 21.2. The van der Waals surface area contributed by atoms with E-state index in [0.29, 0.717) is 6.61 Å². The first-order valence-corrected chi connectivity index (χ1v) is 12.7. The molecule has 0 unspecified atom stereocenters. The molecule has 0 bridgehead atoms. The van der Waals surface area contributed by atoms with Crippen LogP contribution in [0.2, 0.25) is 0 Å². The molecule has 0 saturated carbocycles. The van der Waals surface area contributed by atoms with Gasteiger partial charge < -0.3 is 24.6 Å². The summed E-state index contributed by atoms with van der Waals surface area (Å²) in [5.74, 6) is 1.97. The van der Waals surface area contributed by atoms with E-state index in [0.717, 1.165) is 85.3 Å². The molecule has 8 nitrogen and oxygen atoms in total. The maximum atomic E-state index is 6.37. The average molecular weight is 471 g/mol. The van der Waals surface area contributed by atoms with Gasteiger partial charge in [0.25, 0.3) is 0 Å². The highest BCUT2D eigenvalue weighted by atomic mass is 32.1. The van der Waals surface area contributed by atoms with Crippen molar-refractivity contribution >= 4 is 43.4 Å². The third kappa shape index (κ3) is 4.39. The fraction of sp³-hybridized carbons (Fsp3) is 0.625. The van der Waals surface area contributed by atoms with E-state index in [-0.39, 0.29) is 5.60 Å². The van der Waals surface area contributed by atoms with Crippen LogP contribution in [0.25, 0.3) is 20.4 Å². The van der Waals surface area contributed by atoms with Gasteiger partial charge in [-0.15, -0.1) is 11.3 Å². The molecule has 1 fully saturated rings. The summed E-state index contributed by atoms with van der Waals surface area (Å²) in [7, 11) is 4.20. The molecule has 33 heavy (non-hydrogen) atoms. The minimum atomic E-state index is -0.169. The van der Waals surface area contributed by atoms with Crippen LogP contribution < -0.4 is 10.2 Å². The van der Waals surface area contributed by atoms with Crippen molar-refractivity contribution in [2.24, 2.45) is 0 Å². The Bertz CT molecular complexity index is 1140. The minimum Gasteiger partial charge on any atom is -0.378 e. The van der Waals surface area contributed by atoms with E-state index in [1.54, 1.807) is 17.7 Å². The number of nitrogens with zero attached hydrogens (tertiary/aromatic N) is 5. The highest BCUT2D eigenvalue weighted by Crippen LogP contribution is 2.44. The lowest BCUT2D eigenvalue weighted by Gasteiger charge is -2.37. The smallest absolute Gasteiger partial charge is 0.147 e. The van der Waals surface area contributed by atoms with Crippen LogP contribution in [0.4, 0.5) is 11.6 Å². The summed E-state index contributed by atoms with van der Waals surface area (Å²) in [5.41, 5.74) is 3.41. The van der Waals surface area contributed by atoms with Crippen LogP contribution in [0.1, 0.15) is 37.8 Å². The lowest BCUT2D eigenvalue weighted by atomic mass is 9.87. The van der Waals surface area contributed by atoms with Crippen LogP contribution in [-0.2, 0) is 22.5 Å². The molecule has 0 amide bonds. The van der Waals surface area contributed by atoms with Gasteiger partial charge in [0.05, 0.1) is 35.6 Å². The Labute approximate surface area is 199 Å². The molecule has 5 heterocycles. The Balaban J connectivity index is 1.62. The summed E-state index contributed by atoms with van der Waals surface area (Å²) < 4.78 is 13.1. The zero-order valence-electron chi connectivity index (χ0n) is 20.1. The van der Waals surface area contributed by atoms with Gasteiger partial charge in [0.15, 0.2) is 0 Å². The largest absolute Gasteiger partial charge is 0.378 e. The molecule has 5 rings (SSSR count). The number of pyridine rings is 1. The Morgan fingerprint density at radius 1 is 1.21 bits per heavy atom. The Morgan fingerprint density at radius 3 is 2.79 bits per heavy atom. The van der Waals surface area contributed by atoms with E-state index in [4.69, 9.17) is 19.4 Å². The molecule has 1 atom stereocenters. The monoisotopic (exact) mass is 470 g/mol. The molecule has 178 valence electrons. The van der Waals surface area contributed by atoms with Crippen molar-refractivity contribution < 1.29 is 9.47 Å². The molecular weight excluding hydrogens is 436 g/mol. The first kappa shape index (κ1) is 22.7. The summed E-state index contributed by atoms with van der Waals surface area (Å²) in [6.45, 7) is 10.1. The van der Waals surface area contributed by atoms with Crippen molar-refractivity contribution in [2.75, 3.05) is 63.7 Å². The lowest BCUT2D eigenvalue weighted by Crippen LogP contribution is -2.40. The molecule has 3 aromatic rings. The van der Waals surface area contributed by atoms with Crippen LogP contribution in [0.5, 0.6) is 0 Å². The van der Waals surface area contributed by atoms with Gasteiger partial charge >= 0.3 is 0 Å². The number of rotatable bonds is 7. The molecule has 3 aromatic heterocycles. The Morgan fingerprint density at radius 2 is 2.03 bits per heavy atom. The van der Waals surface area contributed by atoms with Gasteiger partial charge in [-0.25, -0.2) is 15.0 Å². The van der Waals surface area contributed by atoms with Crippen molar-refractivity contribution in [3.8, 4) is 0 Å². The SMILES string of the molecule is CC[C@]1(C)Cc2c(c(N3CCOCC3)nc3sc4c(NCCCN(C)C)ncnc4c23)CO1. The van der Waals surface area contributed by atoms with Gasteiger partial charge in [0, 0.05) is 37.0 Å². The maximum absolute atomic E-state index is 6.37. The first-order valence-electron chi connectivity index (χ1n) is 11.9. The zero-order chi connectivity index (χ0) is 23.0. The van der Waals surface area contributed by atoms with Crippen molar-refractivity contribution in [3.63, 3.8) is 0 Å². The Kier molecular flexibility index (Phi) is 6.39. The van der Waals surface area contributed by atoms with Gasteiger partial charge in [0.1, 0.15) is 22.8 Å². The minimum absolute atomic E-state index is 0.169. The predicted octanol–water partition coefficient (Wildman–Crippen LogP) is 3.68. The standard InChI is InChI=1S/C24H34N6O2S/c1-5-24(2)13-16-17(14-32-24)22(30-9-11-31-12-10-30)28-23-18(16)19-20(33-23)21(27-15-26-19)25-7-6-8-29(3)4/h15H,5-14H2,1-4H3,(H,25,26,27)/t24-/m1/s1. The third-order valence-electron chi connectivity index (χ3n) is 6.85. The summed E-state index contributed by atoms with van der Waals surface area (Å²) in [5, 5.41) is 4.73. The van der Waals surface area contributed by atoms with E-state index in [9.17, 15) is 0 Å². The number of nitrogens with one attached hydrogen (secondary N) is 1. The number of ether oxygens (including phenoxy) is 2. The van der Waals surface area contributed by atoms with Crippen LogP contribution in [0.15, 0.2) is 6.33 Å². The molecular formula is C24H34N6O2S. The molecule has 1 saturated heterocycles. The second-order valence-electron chi connectivity index (χ2n) is 9.53. The van der Waals surface area contributed by atoms with Crippen LogP contribution in [0.3, 0.4) is 0 Å². The van der Waals surface area contributed by atoms with Crippen molar-refractivity contribution in [3.05, 3.63) is 17.5 Å². The maximum Gasteiger partial charge on any atom is 0.147 e. The molecule has 0 radical (unpaired) electrons. The lowest BCUT2D eigenvalue weighted by molar-refractivity contribution is -0.0558. The predicted molar refractivity (Wildman–Crippen MR) is 135 cm³/mol. The molecule has 2 aliphatic rings. The van der Waals surface area contributed by atoms with E-state index in [1.165, 1.54) is 16.5 Å². The van der Waals surface area contributed by atoms with E-state index >= 15 is 0 Å². The van der Waals surface area contributed by atoms with Crippen molar-refractivity contribution in [1.82, 2.24) is 19.9 Å². The van der Waals surface area contributed by atoms with Gasteiger partial charge in [-0.2, -0.15) is 0 Å². The summed E-state index contributed by atoms with van der Waals surface area (Å²) >= 11 is 1.70. The number of anilines is 2. The summed E-state index contributed by atoms with van der Waals surface area (Å²) in [6, 6.07) is 0. The molecule has 0 aromatic carbocycles. The third-order valence-corrected chi connectivity index (χ3v) is 7.92. The quantitative estimate of drug-likeness (QED) is 0.524. The van der Waals surface area contributed by atoms with Gasteiger partial charge in [-0.1, -0.05) is 6.92 Å². The highest BCUT2D eigenvalue weighted by Gasteiger charge is 2.35. The average Bonchev–Trinajstić information content (AvgIpc) is 3.21. The number of aromatic nitrogens is 3. The molecule has 9 heteroatoms. The van der Waals surface area contributed by atoms with Crippen molar-refractivity contribution in [1.29, 1.82) is 0 Å². The molecule has 2 aliphatic heterocycles. The second kappa shape index (κ2) is 9.29. The number of fused-ring (bicyclic) bond motifs is 5. The fourth-order valence-corrected chi connectivity index (χ4v) is 5.83. The fourth-order valence-electron chi connectivity index (χ4n) is 4.71. The molecule has 0 aliphatic carbocycles. The number of hydrogen-bond donors (Lipinski definition) is 1. The van der Waals surface area contributed by atoms with E-state index in [2.05, 4.69) is 48.0 Å². The highest BCUT2D eigenvalue weighted by molar-refractivity contribution is 7.26. The zero-order valence-corrected chi connectivity index (χ0v) is 20.9. The number of morpholine rings is 1. The number of hydrogen-bond acceptors (Lipinski definition) is 9. The van der Waals surface area contributed by atoms with Crippen LogP contribution in [0, 0.1) is 0 Å². The van der Waals surface area contributed by atoms with Crippen molar-refractivity contribution in [2.45, 2.75) is 45.3 Å². The van der Waals surface area contributed by atoms with E-state index in [1.807, 2.05) is 0 Å². The topological polar surface area (TPSA) is 75.6 Å². The Hall–Kier alpha value is -2.07. The summed E-state index contributed by atoms with van der Waals surface area (Å²) in [4.78, 5) is 20.1. The molecule has 0 spiro atoms. The van der Waals surface area contributed by atoms with Gasteiger partial charge in [-0.05, 0) is 46.0 Å². The number of thiophene rings is 1. The van der Waals surface area contributed by atoms with E-state index < -0.39 is 0 Å². The second-order valence-corrected chi connectivity index (χ2v) is 10.5. The summed E-state index contributed by atoms with van der Waals surface area (Å²) in [6.07, 6.45) is 4.59. The van der Waals surface area contributed by atoms with Crippen LogP contribution >= 0.6 is 11.3 Å². The van der Waals surface area contributed by atoms with Gasteiger partial charge in [0.2, 0.25) is 0 Å². The van der Waals surface area contributed by atoms with Crippen LogP contribution in [-0.4, -0.2) is 78.9 Å². The molecule has 1 N–H and O–H groups in total. The van der Waals surface area contributed by atoms with Gasteiger partial charge in [-0.3, -0.25) is 0 Å². The first-order chi connectivity index (χ1) is 16.0.